The molecule has 0 aliphatic heterocycles. The van der Waals surface area contributed by atoms with Gasteiger partial charge in [-0.15, -0.1) is 0 Å². The molecule has 1 aliphatic carbocycles. The van der Waals surface area contributed by atoms with Crippen molar-refractivity contribution in [1.82, 2.24) is 15.3 Å². The second-order valence-electron chi connectivity index (χ2n) is 5.36. The molecular weight excluding hydrogens is 329 g/mol. The Morgan fingerprint density at radius 2 is 2.04 bits per heavy atom. The lowest BCUT2D eigenvalue weighted by atomic mass is 10.2. The number of alkyl halides is 3. The van der Waals surface area contributed by atoms with E-state index in [9.17, 15) is 13.2 Å². The molecule has 1 aliphatic rings. The molecular formula is C15H14ClF3N4. The molecule has 2 aromatic rings. The lowest BCUT2D eigenvalue weighted by Crippen LogP contribution is -2.21. The van der Waals surface area contributed by atoms with Gasteiger partial charge in [-0.2, -0.15) is 13.2 Å². The zero-order valence-corrected chi connectivity index (χ0v) is 12.7. The smallest absolute Gasteiger partial charge is 0.324 e. The van der Waals surface area contributed by atoms with Crippen LogP contribution in [-0.2, 0) is 12.7 Å². The number of nitrogens with one attached hydrogen (secondary N) is 2. The summed E-state index contributed by atoms with van der Waals surface area (Å²) in [6.45, 7) is 0.108. The van der Waals surface area contributed by atoms with E-state index in [4.69, 9.17) is 11.6 Å². The summed E-state index contributed by atoms with van der Waals surface area (Å²) in [5, 5.41) is 6.25. The molecule has 0 unspecified atom stereocenters. The molecule has 3 rings (SSSR count). The third-order valence-electron chi connectivity index (χ3n) is 3.37. The van der Waals surface area contributed by atoms with Crippen molar-refractivity contribution in [3.8, 4) is 0 Å². The highest BCUT2D eigenvalue weighted by molar-refractivity contribution is 6.30. The van der Waals surface area contributed by atoms with Crippen LogP contribution in [0.4, 0.5) is 24.8 Å². The monoisotopic (exact) mass is 342 g/mol. The maximum Gasteiger partial charge on any atom is 0.433 e. The van der Waals surface area contributed by atoms with Gasteiger partial charge >= 0.3 is 6.18 Å². The standard InChI is InChI=1S/C15H14ClF3N4/c16-10-2-1-3-12(6-10)22-14-21-8-9(7-20-11-4-5-11)13(23-14)15(17,18)19/h1-3,6,8,11,20H,4-5,7H2,(H,21,22,23). The van der Waals surface area contributed by atoms with Crippen molar-refractivity contribution in [3.63, 3.8) is 0 Å². The lowest BCUT2D eigenvalue weighted by Gasteiger charge is -2.14. The molecule has 1 aromatic carbocycles. The molecule has 0 radical (unpaired) electrons. The zero-order valence-electron chi connectivity index (χ0n) is 12.0. The largest absolute Gasteiger partial charge is 0.433 e. The van der Waals surface area contributed by atoms with Gasteiger partial charge in [0.1, 0.15) is 0 Å². The Bertz CT molecular complexity index is 701. The van der Waals surface area contributed by atoms with Crippen molar-refractivity contribution >= 4 is 23.2 Å². The molecule has 1 aromatic heterocycles. The van der Waals surface area contributed by atoms with E-state index in [2.05, 4.69) is 20.6 Å². The number of hydrogen-bond acceptors (Lipinski definition) is 4. The number of nitrogens with zero attached hydrogens (tertiary/aromatic N) is 2. The van der Waals surface area contributed by atoms with Gasteiger partial charge in [0.2, 0.25) is 5.95 Å². The molecule has 4 nitrogen and oxygen atoms in total. The summed E-state index contributed by atoms with van der Waals surface area (Å²) in [4.78, 5) is 7.61. The number of anilines is 2. The maximum absolute atomic E-state index is 13.2. The van der Waals surface area contributed by atoms with Gasteiger partial charge in [-0.1, -0.05) is 17.7 Å². The quantitative estimate of drug-likeness (QED) is 0.857. The molecule has 23 heavy (non-hydrogen) atoms. The molecule has 0 saturated heterocycles. The van der Waals surface area contributed by atoms with Crippen LogP contribution in [0, 0.1) is 0 Å². The lowest BCUT2D eigenvalue weighted by molar-refractivity contribution is -0.141. The molecule has 0 atom stereocenters. The Morgan fingerprint density at radius 3 is 2.70 bits per heavy atom. The van der Waals surface area contributed by atoms with Gasteiger partial charge in [-0.3, -0.25) is 0 Å². The fraction of sp³-hybridized carbons (Fsp3) is 0.333. The summed E-state index contributed by atoms with van der Waals surface area (Å²) in [6, 6.07) is 6.91. The van der Waals surface area contributed by atoms with E-state index in [1.807, 2.05) is 0 Å². The van der Waals surface area contributed by atoms with Crippen LogP contribution in [0.1, 0.15) is 24.1 Å². The van der Waals surface area contributed by atoms with Crippen LogP contribution in [0.25, 0.3) is 0 Å². The van der Waals surface area contributed by atoms with E-state index < -0.39 is 11.9 Å². The predicted octanol–water partition coefficient (Wildman–Crippen LogP) is 4.14. The van der Waals surface area contributed by atoms with Crippen LogP contribution < -0.4 is 10.6 Å². The summed E-state index contributed by atoms with van der Waals surface area (Å²) < 4.78 is 39.6. The van der Waals surface area contributed by atoms with Gasteiger partial charge < -0.3 is 10.6 Å². The van der Waals surface area contributed by atoms with Crippen LogP contribution in [0.2, 0.25) is 5.02 Å². The minimum atomic E-state index is -4.53. The minimum absolute atomic E-state index is 0.0426. The van der Waals surface area contributed by atoms with Gasteiger partial charge in [-0.25, -0.2) is 9.97 Å². The minimum Gasteiger partial charge on any atom is -0.324 e. The molecule has 8 heteroatoms. The number of benzene rings is 1. The number of aromatic nitrogens is 2. The summed E-state index contributed by atoms with van der Waals surface area (Å²) in [6.07, 6.45) is -1.33. The number of halogens is 4. The molecule has 122 valence electrons. The van der Waals surface area contributed by atoms with Crippen molar-refractivity contribution in [2.75, 3.05) is 5.32 Å². The van der Waals surface area contributed by atoms with Crippen molar-refractivity contribution in [3.05, 3.63) is 46.7 Å². The first-order valence-corrected chi connectivity index (χ1v) is 7.49. The molecule has 0 amide bonds. The topological polar surface area (TPSA) is 49.8 Å². The molecule has 2 N–H and O–H groups in total. The van der Waals surface area contributed by atoms with Gasteiger partial charge in [-0.05, 0) is 31.0 Å². The van der Waals surface area contributed by atoms with E-state index >= 15 is 0 Å². The fourth-order valence-corrected chi connectivity index (χ4v) is 2.27. The van der Waals surface area contributed by atoms with Gasteiger partial charge in [0, 0.05) is 35.1 Å². The van der Waals surface area contributed by atoms with E-state index in [1.54, 1.807) is 24.3 Å². The maximum atomic E-state index is 13.2. The molecule has 1 fully saturated rings. The molecule has 1 saturated carbocycles. The van der Waals surface area contributed by atoms with Gasteiger partial charge in [0.15, 0.2) is 5.69 Å². The van der Waals surface area contributed by atoms with Crippen LogP contribution in [0.5, 0.6) is 0 Å². The highest BCUT2D eigenvalue weighted by atomic mass is 35.5. The van der Waals surface area contributed by atoms with E-state index in [-0.39, 0.29) is 18.1 Å². The predicted molar refractivity (Wildman–Crippen MR) is 81.6 cm³/mol. The van der Waals surface area contributed by atoms with Gasteiger partial charge in [0.05, 0.1) is 0 Å². The molecule has 0 spiro atoms. The summed E-state index contributed by atoms with van der Waals surface area (Å²) in [5.74, 6) is -0.116. The van der Waals surface area contributed by atoms with Crippen molar-refractivity contribution in [2.45, 2.75) is 31.6 Å². The second kappa shape index (κ2) is 6.33. The zero-order chi connectivity index (χ0) is 16.4. The first-order valence-electron chi connectivity index (χ1n) is 7.11. The first kappa shape index (κ1) is 16.0. The Balaban J connectivity index is 1.83. The second-order valence-corrected chi connectivity index (χ2v) is 5.79. The third kappa shape index (κ3) is 4.33. The SMILES string of the molecule is FC(F)(F)c1nc(Nc2cccc(Cl)c2)ncc1CNC1CC1. The fourth-order valence-electron chi connectivity index (χ4n) is 2.08. The normalized spacial score (nSPS) is 14.8. The Labute approximate surface area is 136 Å². The van der Waals surface area contributed by atoms with Crippen molar-refractivity contribution in [1.29, 1.82) is 0 Å². The van der Waals surface area contributed by atoms with Crippen molar-refractivity contribution in [2.24, 2.45) is 0 Å². The van der Waals surface area contributed by atoms with Crippen LogP contribution >= 0.6 is 11.6 Å². The summed E-state index contributed by atoms with van der Waals surface area (Å²) in [5.41, 5.74) is -0.360. The van der Waals surface area contributed by atoms with E-state index in [1.165, 1.54) is 6.20 Å². The van der Waals surface area contributed by atoms with E-state index in [0.29, 0.717) is 16.8 Å². The van der Waals surface area contributed by atoms with Crippen molar-refractivity contribution < 1.29 is 13.2 Å². The average Bonchev–Trinajstić information content (AvgIpc) is 3.29. The van der Waals surface area contributed by atoms with Crippen LogP contribution in [0.3, 0.4) is 0 Å². The number of hydrogen-bond donors (Lipinski definition) is 2. The summed E-state index contributed by atoms with van der Waals surface area (Å²) >= 11 is 5.85. The average molecular weight is 343 g/mol. The Morgan fingerprint density at radius 1 is 1.26 bits per heavy atom. The first-order chi connectivity index (χ1) is 10.9. The Hall–Kier alpha value is -1.86. The third-order valence-corrected chi connectivity index (χ3v) is 3.61. The van der Waals surface area contributed by atoms with Gasteiger partial charge in [0.25, 0.3) is 0 Å². The Kier molecular flexibility index (Phi) is 4.41. The molecule has 1 heterocycles. The highest BCUT2D eigenvalue weighted by Gasteiger charge is 2.36. The summed E-state index contributed by atoms with van der Waals surface area (Å²) in [7, 11) is 0. The number of rotatable bonds is 5. The molecule has 0 bridgehead atoms. The van der Waals surface area contributed by atoms with E-state index in [0.717, 1.165) is 12.8 Å². The van der Waals surface area contributed by atoms with Crippen LogP contribution in [0.15, 0.2) is 30.5 Å². The van der Waals surface area contributed by atoms with Crippen LogP contribution in [-0.4, -0.2) is 16.0 Å². The highest BCUT2D eigenvalue weighted by Crippen LogP contribution is 2.32.